The van der Waals surface area contributed by atoms with Gasteiger partial charge in [0.05, 0.1) is 10.4 Å². The zero-order valence-corrected chi connectivity index (χ0v) is 9.91. The molecule has 1 heterocycles. The van der Waals surface area contributed by atoms with Gasteiger partial charge in [-0.25, -0.2) is 4.39 Å². The average molecular weight is 261 g/mol. The lowest BCUT2D eigenvalue weighted by Gasteiger charge is -2.09. The van der Waals surface area contributed by atoms with E-state index in [2.05, 4.69) is 0 Å². The van der Waals surface area contributed by atoms with E-state index in [1.807, 2.05) is 17.5 Å². The van der Waals surface area contributed by atoms with Crippen molar-refractivity contribution in [1.29, 1.82) is 0 Å². The quantitative estimate of drug-likeness (QED) is 0.676. The van der Waals surface area contributed by atoms with Crippen LogP contribution in [0.15, 0.2) is 35.7 Å². The normalized spacial score (nSPS) is 12.7. The molecule has 78 valence electrons. The van der Waals surface area contributed by atoms with Crippen LogP contribution in [0.2, 0.25) is 5.02 Å². The van der Waals surface area contributed by atoms with Crippen LogP contribution in [-0.4, -0.2) is 0 Å². The maximum absolute atomic E-state index is 13.2. The topological polar surface area (TPSA) is 0 Å². The third kappa shape index (κ3) is 2.17. The fourth-order valence-electron chi connectivity index (χ4n) is 1.30. The van der Waals surface area contributed by atoms with Crippen molar-refractivity contribution in [3.8, 4) is 0 Å². The summed E-state index contributed by atoms with van der Waals surface area (Å²) in [5.41, 5.74) is 0.612. The Morgan fingerprint density at radius 1 is 1.20 bits per heavy atom. The molecule has 0 saturated heterocycles. The first-order valence-electron chi connectivity index (χ1n) is 4.31. The molecule has 0 N–H and O–H groups in total. The molecule has 15 heavy (non-hydrogen) atoms. The summed E-state index contributed by atoms with van der Waals surface area (Å²) in [6.07, 6.45) is 0. The van der Waals surface area contributed by atoms with Crippen molar-refractivity contribution in [3.63, 3.8) is 0 Å². The molecule has 0 fully saturated rings. The van der Waals surface area contributed by atoms with E-state index < -0.39 is 5.82 Å². The second-order valence-electron chi connectivity index (χ2n) is 3.02. The summed E-state index contributed by atoms with van der Waals surface area (Å²) in [6.45, 7) is 0. The van der Waals surface area contributed by atoms with Gasteiger partial charge in [0.2, 0.25) is 0 Å². The molecule has 2 aromatic rings. The fraction of sp³-hybridized carbons (Fsp3) is 0.0909. The molecule has 0 saturated carbocycles. The van der Waals surface area contributed by atoms with Gasteiger partial charge in [0.1, 0.15) is 5.82 Å². The largest absolute Gasteiger partial charge is 0.205 e. The monoisotopic (exact) mass is 260 g/mol. The van der Waals surface area contributed by atoms with Gasteiger partial charge in [-0.1, -0.05) is 29.8 Å². The molecule has 0 amide bonds. The smallest absolute Gasteiger partial charge is 0.142 e. The molecule has 1 aromatic carbocycles. The number of rotatable bonds is 2. The van der Waals surface area contributed by atoms with Crippen LogP contribution in [0.4, 0.5) is 4.39 Å². The molecule has 0 bridgehead atoms. The Hall–Kier alpha value is -0.570. The van der Waals surface area contributed by atoms with Crippen LogP contribution < -0.4 is 0 Å². The number of benzene rings is 1. The Kier molecular flexibility index (Phi) is 3.29. The van der Waals surface area contributed by atoms with E-state index in [0.717, 1.165) is 4.88 Å². The summed E-state index contributed by atoms with van der Waals surface area (Å²) >= 11 is 13.6. The van der Waals surface area contributed by atoms with E-state index >= 15 is 0 Å². The summed E-state index contributed by atoms with van der Waals surface area (Å²) < 4.78 is 13.2. The number of alkyl halides is 1. The summed E-state index contributed by atoms with van der Waals surface area (Å²) in [6, 6.07) is 8.48. The fourth-order valence-corrected chi connectivity index (χ4v) is 2.72. The second-order valence-corrected chi connectivity index (χ2v) is 4.81. The predicted octanol–water partition coefficient (Wildman–Crippen LogP) is 4.87. The van der Waals surface area contributed by atoms with Gasteiger partial charge >= 0.3 is 0 Å². The Morgan fingerprint density at radius 2 is 2.00 bits per heavy atom. The molecule has 0 aliphatic rings. The van der Waals surface area contributed by atoms with E-state index in [4.69, 9.17) is 23.2 Å². The minimum absolute atomic E-state index is 0.103. The van der Waals surface area contributed by atoms with Crippen LogP contribution in [-0.2, 0) is 0 Å². The third-order valence-corrected chi connectivity index (χ3v) is 3.98. The zero-order valence-electron chi connectivity index (χ0n) is 7.58. The SMILES string of the molecule is Fc1cccc(C(Cl)c2cccs2)c1Cl. The highest BCUT2D eigenvalue weighted by Gasteiger charge is 2.16. The van der Waals surface area contributed by atoms with Crippen molar-refractivity contribution in [1.82, 2.24) is 0 Å². The second kappa shape index (κ2) is 4.52. The van der Waals surface area contributed by atoms with Crippen molar-refractivity contribution in [2.24, 2.45) is 0 Å². The van der Waals surface area contributed by atoms with E-state index in [1.54, 1.807) is 12.1 Å². The molecule has 1 atom stereocenters. The van der Waals surface area contributed by atoms with Gasteiger partial charge in [-0.05, 0) is 23.1 Å². The van der Waals surface area contributed by atoms with Gasteiger partial charge in [-0.15, -0.1) is 22.9 Å². The van der Waals surface area contributed by atoms with E-state index in [1.165, 1.54) is 17.4 Å². The Labute approximate surface area is 101 Å². The van der Waals surface area contributed by atoms with Crippen molar-refractivity contribution in [2.45, 2.75) is 5.38 Å². The van der Waals surface area contributed by atoms with Crippen LogP contribution in [0.5, 0.6) is 0 Å². The highest BCUT2D eigenvalue weighted by Crippen LogP contribution is 2.36. The summed E-state index contributed by atoms with van der Waals surface area (Å²) in [4.78, 5) is 0.962. The van der Waals surface area contributed by atoms with Gasteiger partial charge in [0.15, 0.2) is 0 Å². The maximum Gasteiger partial charge on any atom is 0.142 e. The summed E-state index contributed by atoms with van der Waals surface area (Å²) in [5, 5.41) is 1.65. The van der Waals surface area contributed by atoms with E-state index in [-0.39, 0.29) is 10.4 Å². The lowest BCUT2D eigenvalue weighted by Crippen LogP contribution is -1.93. The molecule has 4 heteroatoms. The minimum atomic E-state index is -0.434. The van der Waals surface area contributed by atoms with Crippen molar-refractivity contribution < 1.29 is 4.39 Å². The lowest BCUT2D eigenvalue weighted by atomic mass is 10.1. The van der Waals surface area contributed by atoms with Gasteiger partial charge in [0, 0.05) is 4.88 Å². The van der Waals surface area contributed by atoms with Crippen LogP contribution >= 0.6 is 34.5 Å². The Morgan fingerprint density at radius 3 is 2.67 bits per heavy atom. The van der Waals surface area contributed by atoms with Gasteiger partial charge in [0.25, 0.3) is 0 Å². The molecule has 0 spiro atoms. The highest BCUT2D eigenvalue weighted by atomic mass is 35.5. The zero-order chi connectivity index (χ0) is 10.8. The average Bonchev–Trinajstić information content (AvgIpc) is 2.74. The summed E-state index contributed by atoms with van der Waals surface area (Å²) in [7, 11) is 0. The highest BCUT2D eigenvalue weighted by molar-refractivity contribution is 7.10. The molecule has 0 radical (unpaired) electrons. The van der Waals surface area contributed by atoms with Crippen LogP contribution in [0.25, 0.3) is 0 Å². The first-order chi connectivity index (χ1) is 7.20. The number of hydrogen-bond acceptors (Lipinski definition) is 1. The molecular formula is C11H7Cl2FS. The Balaban J connectivity index is 2.42. The standard InChI is InChI=1S/C11H7Cl2FS/c12-10-7(3-1-4-8(10)14)11(13)9-5-2-6-15-9/h1-6,11H. The Bertz CT molecular complexity index is 454. The molecule has 1 aromatic heterocycles. The first kappa shape index (κ1) is 10.9. The van der Waals surface area contributed by atoms with Crippen LogP contribution in [0.3, 0.4) is 0 Å². The van der Waals surface area contributed by atoms with Gasteiger partial charge in [-0.2, -0.15) is 0 Å². The van der Waals surface area contributed by atoms with Crippen molar-refractivity contribution in [2.75, 3.05) is 0 Å². The van der Waals surface area contributed by atoms with Crippen molar-refractivity contribution >= 4 is 34.5 Å². The van der Waals surface area contributed by atoms with Crippen molar-refractivity contribution in [3.05, 3.63) is 57.0 Å². The third-order valence-electron chi connectivity index (χ3n) is 2.05. The number of hydrogen-bond donors (Lipinski definition) is 0. The molecule has 0 aliphatic carbocycles. The lowest BCUT2D eigenvalue weighted by molar-refractivity contribution is 0.626. The minimum Gasteiger partial charge on any atom is -0.205 e. The number of thiophene rings is 1. The first-order valence-corrected chi connectivity index (χ1v) is 6.01. The number of halogens is 3. The molecular weight excluding hydrogens is 254 g/mol. The van der Waals surface area contributed by atoms with E-state index in [9.17, 15) is 4.39 Å². The van der Waals surface area contributed by atoms with Gasteiger partial charge < -0.3 is 0 Å². The van der Waals surface area contributed by atoms with E-state index in [0.29, 0.717) is 5.56 Å². The summed E-state index contributed by atoms with van der Waals surface area (Å²) in [5.74, 6) is -0.434. The maximum atomic E-state index is 13.2. The predicted molar refractivity (Wildman–Crippen MR) is 63.4 cm³/mol. The molecule has 1 unspecified atom stereocenters. The van der Waals surface area contributed by atoms with Crippen LogP contribution in [0.1, 0.15) is 15.8 Å². The molecule has 2 rings (SSSR count). The van der Waals surface area contributed by atoms with Gasteiger partial charge in [-0.3, -0.25) is 0 Å². The molecule has 0 aliphatic heterocycles. The van der Waals surface area contributed by atoms with Crippen LogP contribution in [0, 0.1) is 5.82 Å². The molecule has 0 nitrogen and oxygen atoms in total.